The predicted molar refractivity (Wildman–Crippen MR) is 120 cm³/mol. The molecule has 0 fully saturated rings. The fourth-order valence-electron chi connectivity index (χ4n) is 3.80. The molecule has 7 heteroatoms. The first-order valence-electron chi connectivity index (χ1n) is 10.9. The van der Waals surface area contributed by atoms with Crippen molar-refractivity contribution in [3.05, 3.63) is 71.3 Å². The first-order valence-corrected chi connectivity index (χ1v) is 10.9. The van der Waals surface area contributed by atoms with Crippen LogP contribution in [0.25, 0.3) is 0 Å². The zero-order chi connectivity index (χ0) is 23.1. The van der Waals surface area contributed by atoms with Crippen LogP contribution in [0.2, 0.25) is 0 Å². The second-order valence-corrected chi connectivity index (χ2v) is 8.05. The standard InChI is InChI=1S/C25H30N2O5/c1-4-17(2)22(24(29)31-3)26-23(28)21-14-19-12-8-9-13-20(19)15-27(21)25(30)32-16-18-10-6-5-7-11-18/h5-13,17,21-22H,4,14-16H2,1-3H3,(H,26,28)/t17-,21+,22+/m1/s1. The molecule has 0 aromatic heterocycles. The molecule has 0 saturated carbocycles. The third-order valence-corrected chi connectivity index (χ3v) is 5.96. The third-order valence-electron chi connectivity index (χ3n) is 5.96. The summed E-state index contributed by atoms with van der Waals surface area (Å²) in [6, 6.07) is 15.5. The Morgan fingerprint density at radius 2 is 1.72 bits per heavy atom. The van der Waals surface area contributed by atoms with Gasteiger partial charge < -0.3 is 14.8 Å². The molecule has 0 radical (unpaired) electrons. The number of nitrogens with one attached hydrogen (secondary N) is 1. The van der Waals surface area contributed by atoms with Gasteiger partial charge in [-0.05, 0) is 22.6 Å². The van der Waals surface area contributed by atoms with E-state index in [0.717, 1.165) is 16.7 Å². The van der Waals surface area contributed by atoms with Crippen molar-refractivity contribution in [3.63, 3.8) is 0 Å². The molecule has 0 aliphatic carbocycles. The SMILES string of the molecule is CC[C@@H](C)[C@H](NC(=O)[C@@H]1Cc2ccccc2CN1C(=O)OCc1ccccc1)C(=O)OC. The summed E-state index contributed by atoms with van der Waals surface area (Å²) in [6.07, 6.45) is 0.467. The van der Waals surface area contributed by atoms with Gasteiger partial charge in [0.05, 0.1) is 13.7 Å². The molecule has 1 N–H and O–H groups in total. The van der Waals surface area contributed by atoms with Crippen molar-refractivity contribution >= 4 is 18.0 Å². The van der Waals surface area contributed by atoms with E-state index in [9.17, 15) is 14.4 Å². The number of carbonyl (C=O) groups excluding carboxylic acids is 3. The highest BCUT2D eigenvalue weighted by atomic mass is 16.6. The Hall–Kier alpha value is -3.35. The van der Waals surface area contributed by atoms with E-state index in [1.165, 1.54) is 12.0 Å². The van der Waals surface area contributed by atoms with Crippen LogP contribution in [0.3, 0.4) is 0 Å². The van der Waals surface area contributed by atoms with E-state index >= 15 is 0 Å². The largest absolute Gasteiger partial charge is 0.467 e. The highest BCUT2D eigenvalue weighted by Gasteiger charge is 2.38. The first-order chi connectivity index (χ1) is 15.4. The van der Waals surface area contributed by atoms with Crippen LogP contribution in [-0.2, 0) is 38.6 Å². The molecule has 0 saturated heterocycles. The summed E-state index contributed by atoms with van der Waals surface area (Å²) in [7, 11) is 1.30. The van der Waals surface area contributed by atoms with Gasteiger partial charge in [0.15, 0.2) is 0 Å². The molecule has 3 rings (SSSR count). The van der Waals surface area contributed by atoms with Gasteiger partial charge in [-0.25, -0.2) is 9.59 Å². The fourth-order valence-corrected chi connectivity index (χ4v) is 3.80. The summed E-state index contributed by atoms with van der Waals surface area (Å²) >= 11 is 0. The van der Waals surface area contributed by atoms with Gasteiger partial charge in [0.25, 0.3) is 0 Å². The topological polar surface area (TPSA) is 84.9 Å². The molecule has 1 heterocycles. The maximum Gasteiger partial charge on any atom is 0.411 e. The number of benzene rings is 2. The quantitative estimate of drug-likeness (QED) is 0.670. The lowest BCUT2D eigenvalue weighted by molar-refractivity contribution is -0.147. The first kappa shape index (κ1) is 23.3. The molecular formula is C25H30N2O5. The van der Waals surface area contributed by atoms with Gasteiger partial charge in [0.1, 0.15) is 18.7 Å². The lowest BCUT2D eigenvalue weighted by atomic mass is 9.93. The molecule has 7 nitrogen and oxygen atoms in total. The van der Waals surface area contributed by atoms with Crippen LogP contribution in [0.4, 0.5) is 4.79 Å². The van der Waals surface area contributed by atoms with Crippen LogP contribution in [-0.4, -0.2) is 42.1 Å². The average Bonchev–Trinajstić information content (AvgIpc) is 2.84. The van der Waals surface area contributed by atoms with E-state index in [4.69, 9.17) is 9.47 Å². The second-order valence-electron chi connectivity index (χ2n) is 8.05. The van der Waals surface area contributed by atoms with E-state index in [-0.39, 0.29) is 19.1 Å². The maximum atomic E-state index is 13.3. The van der Waals surface area contributed by atoms with Crippen LogP contribution in [0.15, 0.2) is 54.6 Å². The van der Waals surface area contributed by atoms with Crippen molar-refractivity contribution in [2.75, 3.05) is 7.11 Å². The molecule has 1 aliphatic rings. The number of rotatable bonds is 7. The number of carbonyl (C=O) groups is 3. The van der Waals surface area contributed by atoms with E-state index in [1.54, 1.807) is 0 Å². The van der Waals surface area contributed by atoms with Crippen molar-refractivity contribution in [3.8, 4) is 0 Å². The van der Waals surface area contributed by atoms with Crippen molar-refractivity contribution in [2.24, 2.45) is 5.92 Å². The molecule has 0 spiro atoms. The van der Waals surface area contributed by atoms with E-state index < -0.39 is 30.1 Å². The minimum Gasteiger partial charge on any atom is -0.467 e. The molecular weight excluding hydrogens is 408 g/mol. The molecule has 1 aliphatic heterocycles. The number of nitrogens with zero attached hydrogens (tertiary/aromatic N) is 1. The maximum absolute atomic E-state index is 13.3. The highest BCUT2D eigenvalue weighted by molar-refractivity contribution is 5.90. The highest BCUT2D eigenvalue weighted by Crippen LogP contribution is 2.25. The number of methoxy groups -OCH3 is 1. The van der Waals surface area contributed by atoms with Gasteiger partial charge >= 0.3 is 12.1 Å². The van der Waals surface area contributed by atoms with E-state index in [0.29, 0.717) is 12.8 Å². The Morgan fingerprint density at radius 3 is 2.38 bits per heavy atom. The van der Waals surface area contributed by atoms with Crippen molar-refractivity contribution in [1.29, 1.82) is 0 Å². The molecule has 0 unspecified atom stereocenters. The molecule has 2 amide bonds. The van der Waals surface area contributed by atoms with E-state index in [2.05, 4.69) is 5.32 Å². The summed E-state index contributed by atoms with van der Waals surface area (Å²) in [5.41, 5.74) is 2.83. The number of amides is 2. The average molecular weight is 439 g/mol. The number of hydrogen-bond acceptors (Lipinski definition) is 5. The Bertz CT molecular complexity index is 946. The number of hydrogen-bond donors (Lipinski definition) is 1. The summed E-state index contributed by atoms with van der Waals surface area (Å²) in [5, 5.41) is 2.81. The Labute approximate surface area is 188 Å². The lowest BCUT2D eigenvalue weighted by Gasteiger charge is -2.36. The van der Waals surface area contributed by atoms with Crippen LogP contribution in [0.5, 0.6) is 0 Å². The Kier molecular flexibility index (Phi) is 7.87. The summed E-state index contributed by atoms with van der Waals surface area (Å²) in [6.45, 7) is 4.19. The van der Waals surface area contributed by atoms with Gasteiger partial charge in [-0.1, -0.05) is 74.9 Å². The summed E-state index contributed by atoms with van der Waals surface area (Å²) in [5.74, 6) is -1.00. The van der Waals surface area contributed by atoms with Crippen LogP contribution >= 0.6 is 0 Å². The van der Waals surface area contributed by atoms with Crippen molar-refractivity contribution in [1.82, 2.24) is 10.2 Å². The van der Waals surface area contributed by atoms with Gasteiger partial charge in [0.2, 0.25) is 5.91 Å². The van der Waals surface area contributed by atoms with Crippen LogP contribution < -0.4 is 5.32 Å². The molecule has 32 heavy (non-hydrogen) atoms. The van der Waals surface area contributed by atoms with Gasteiger partial charge in [-0.3, -0.25) is 9.69 Å². The van der Waals surface area contributed by atoms with Crippen molar-refractivity contribution in [2.45, 2.75) is 51.9 Å². The number of ether oxygens (including phenoxy) is 2. The van der Waals surface area contributed by atoms with Gasteiger partial charge in [-0.15, -0.1) is 0 Å². The number of esters is 1. The number of fused-ring (bicyclic) bond motifs is 1. The monoisotopic (exact) mass is 438 g/mol. The molecule has 2 aromatic carbocycles. The normalized spacial score (nSPS) is 17.0. The van der Waals surface area contributed by atoms with E-state index in [1.807, 2.05) is 68.4 Å². The van der Waals surface area contributed by atoms with Crippen molar-refractivity contribution < 1.29 is 23.9 Å². The zero-order valence-electron chi connectivity index (χ0n) is 18.7. The minimum atomic E-state index is -0.788. The second kappa shape index (κ2) is 10.8. The fraction of sp³-hybridized carbons (Fsp3) is 0.400. The molecule has 2 aromatic rings. The third kappa shape index (κ3) is 5.46. The van der Waals surface area contributed by atoms with Gasteiger partial charge in [-0.2, -0.15) is 0 Å². The van der Waals surface area contributed by atoms with Crippen LogP contribution in [0, 0.1) is 5.92 Å². The Morgan fingerprint density at radius 1 is 1.06 bits per heavy atom. The minimum absolute atomic E-state index is 0.110. The zero-order valence-corrected chi connectivity index (χ0v) is 18.7. The molecule has 0 bridgehead atoms. The van der Waals surface area contributed by atoms with Crippen LogP contribution in [0.1, 0.15) is 37.0 Å². The molecule has 170 valence electrons. The molecule has 3 atom stereocenters. The smallest absolute Gasteiger partial charge is 0.411 e. The Balaban J connectivity index is 1.80. The predicted octanol–water partition coefficient (Wildman–Crippen LogP) is 3.45. The lowest BCUT2D eigenvalue weighted by Crippen LogP contribution is -2.56. The van der Waals surface area contributed by atoms with Gasteiger partial charge in [0, 0.05) is 6.42 Å². The summed E-state index contributed by atoms with van der Waals surface area (Å²) in [4.78, 5) is 40.0. The summed E-state index contributed by atoms with van der Waals surface area (Å²) < 4.78 is 10.4.